The molecule has 0 radical (unpaired) electrons. The number of aromatic amines is 1. The summed E-state index contributed by atoms with van der Waals surface area (Å²) in [5, 5.41) is 1.76. The van der Waals surface area contributed by atoms with Crippen LogP contribution in [0.15, 0.2) is 47.3 Å². The molecule has 2 amide bonds. The number of alkyl halides is 6. The first-order chi connectivity index (χ1) is 16.8. The molecule has 0 unspecified atom stereocenters. The van der Waals surface area contributed by atoms with Crippen LogP contribution in [-0.4, -0.2) is 45.5 Å². The zero-order valence-corrected chi connectivity index (χ0v) is 18.5. The van der Waals surface area contributed by atoms with E-state index in [0.717, 1.165) is 12.1 Å². The molecule has 192 valence electrons. The first-order valence-electron chi connectivity index (χ1n) is 10.9. The van der Waals surface area contributed by atoms with Crippen molar-refractivity contribution >= 4 is 28.5 Å². The van der Waals surface area contributed by atoms with E-state index >= 15 is 0 Å². The molecule has 1 fully saturated rings. The maximum absolute atomic E-state index is 12.7. The fourth-order valence-electron chi connectivity index (χ4n) is 4.24. The number of hydrogen-bond donors (Lipinski definition) is 2. The Balaban J connectivity index is 1.43. The van der Waals surface area contributed by atoms with Gasteiger partial charge in [0.15, 0.2) is 0 Å². The van der Waals surface area contributed by atoms with E-state index in [1.54, 1.807) is 10.2 Å². The Morgan fingerprint density at radius 3 is 2.19 bits per heavy atom. The van der Waals surface area contributed by atoms with Gasteiger partial charge in [-0.3, -0.25) is 14.2 Å². The molecule has 7 nitrogen and oxygen atoms in total. The third kappa shape index (κ3) is 5.39. The number of nitrogens with zero attached hydrogens (tertiary/aromatic N) is 2. The Bertz CT molecular complexity index is 1330. The third-order valence-electron chi connectivity index (χ3n) is 6.05. The van der Waals surface area contributed by atoms with E-state index in [0.29, 0.717) is 29.4 Å². The van der Waals surface area contributed by atoms with Crippen molar-refractivity contribution in [2.75, 3.05) is 18.4 Å². The summed E-state index contributed by atoms with van der Waals surface area (Å²) >= 11 is 0. The van der Waals surface area contributed by atoms with E-state index in [2.05, 4.69) is 4.98 Å². The van der Waals surface area contributed by atoms with Gasteiger partial charge in [-0.2, -0.15) is 26.3 Å². The van der Waals surface area contributed by atoms with Gasteiger partial charge in [0.25, 0.3) is 0 Å². The summed E-state index contributed by atoms with van der Waals surface area (Å²) < 4.78 is 77.3. The molecule has 1 aliphatic heterocycles. The van der Waals surface area contributed by atoms with E-state index in [1.165, 1.54) is 34.9 Å². The van der Waals surface area contributed by atoms with Gasteiger partial charge < -0.3 is 15.2 Å². The van der Waals surface area contributed by atoms with Gasteiger partial charge in [-0.05, 0) is 48.7 Å². The number of halogens is 6. The predicted molar refractivity (Wildman–Crippen MR) is 117 cm³/mol. The molecule has 13 heteroatoms. The Kier molecular flexibility index (Phi) is 6.58. The Morgan fingerprint density at radius 1 is 0.972 bits per heavy atom. The van der Waals surface area contributed by atoms with Crippen LogP contribution in [0.3, 0.4) is 0 Å². The number of carbonyl (C=O) groups excluding carboxylic acids is 2. The Morgan fingerprint density at radius 2 is 1.61 bits per heavy atom. The van der Waals surface area contributed by atoms with Gasteiger partial charge in [-0.15, -0.1) is 0 Å². The van der Waals surface area contributed by atoms with Crippen molar-refractivity contribution < 1.29 is 35.9 Å². The zero-order chi connectivity index (χ0) is 26.3. The van der Waals surface area contributed by atoms with Crippen molar-refractivity contribution in [2.24, 2.45) is 0 Å². The number of imidazole rings is 1. The highest BCUT2D eigenvalue weighted by Crippen LogP contribution is 2.30. The molecule has 0 aliphatic carbocycles. The van der Waals surface area contributed by atoms with Gasteiger partial charge >= 0.3 is 23.9 Å². The van der Waals surface area contributed by atoms with Crippen molar-refractivity contribution in [1.29, 1.82) is 0 Å². The number of anilines is 1. The summed E-state index contributed by atoms with van der Waals surface area (Å²) in [5.41, 5.74) is -0.262. The maximum atomic E-state index is 12.7. The third-order valence-corrected chi connectivity index (χ3v) is 6.05. The van der Waals surface area contributed by atoms with Crippen LogP contribution < -0.4 is 11.0 Å². The molecule has 0 spiro atoms. The minimum atomic E-state index is -5.06. The summed E-state index contributed by atoms with van der Waals surface area (Å²) in [6.45, 7) is 0.571. The quantitative estimate of drug-likeness (QED) is 0.511. The normalized spacial score (nSPS) is 15.3. The average molecular weight is 514 g/mol. The van der Waals surface area contributed by atoms with Crippen LogP contribution in [0.25, 0.3) is 11.0 Å². The van der Waals surface area contributed by atoms with E-state index in [1.807, 2.05) is 0 Å². The molecular weight excluding hydrogens is 494 g/mol. The number of benzene rings is 2. The fraction of sp³-hybridized carbons (Fsp3) is 0.348. The van der Waals surface area contributed by atoms with Crippen LogP contribution in [0.2, 0.25) is 0 Å². The molecule has 1 aliphatic rings. The van der Waals surface area contributed by atoms with Crippen LogP contribution in [0, 0.1) is 0 Å². The average Bonchev–Trinajstić information content (AvgIpc) is 3.13. The lowest BCUT2D eigenvalue weighted by atomic mass is 10.0. The molecule has 2 aromatic carbocycles. The van der Waals surface area contributed by atoms with E-state index in [4.69, 9.17) is 0 Å². The molecule has 2 heterocycles. The largest absolute Gasteiger partial charge is 0.471 e. The number of likely N-dealkylation sites (tertiary alicyclic amines) is 1. The molecule has 36 heavy (non-hydrogen) atoms. The van der Waals surface area contributed by atoms with E-state index in [9.17, 15) is 40.7 Å². The molecule has 2 N–H and O–H groups in total. The van der Waals surface area contributed by atoms with Crippen molar-refractivity contribution in [3.8, 4) is 0 Å². The molecule has 1 aromatic heterocycles. The molecular formula is C23H20F6N4O3. The second-order valence-corrected chi connectivity index (χ2v) is 8.47. The van der Waals surface area contributed by atoms with Gasteiger partial charge in [-0.1, -0.05) is 12.1 Å². The summed E-state index contributed by atoms with van der Waals surface area (Å²) in [7, 11) is 0. The monoisotopic (exact) mass is 514 g/mol. The van der Waals surface area contributed by atoms with E-state index in [-0.39, 0.29) is 37.1 Å². The topological polar surface area (TPSA) is 87.2 Å². The number of H-pyrrole nitrogens is 1. The second-order valence-electron chi connectivity index (χ2n) is 8.47. The van der Waals surface area contributed by atoms with Crippen LogP contribution in [0.5, 0.6) is 0 Å². The fourth-order valence-corrected chi connectivity index (χ4v) is 4.24. The van der Waals surface area contributed by atoms with Crippen molar-refractivity contribution in [1.82, 2.24) is 14.5 Å². The smallest absolute Gasteiger partial charge is 0.342 e. The number of rotatable bonds is 4. The maximum Gasteiger partial charge on any atom is 0.471 e. The molecule has 3 aromatic rings. The zero-order valence-electron chi connectivity index (χ0n) is 18.5. The molecule has 0 bridgehead atoms. The second kappa shape index (κ2) is 9.36. The first kappa shape index (κ1) is 25.3. The SMILES string of the molecule is O=C(Cc1ccc(C(F)(F)F)cc1)N1CCC(n2c(=O)[nH]c3ccc(NC(=O)C(F)(F)F)cc32)CC1. The summed E-state index contributed by atoms with van der Waals surface area (Å²) in [5.74, 6) is -2.40. The number of amides is 2. The summed E-state index contributed by atoms with van der Waals surface area (Å²) in [4.78, 5) is 40.7. The number of hydrogen-bond acceptors (Lipinski definition) is 3. The lowest BCUT2D eigenvalue weighted by molar-refractivity contribution is -0.167. The number of aromatic nitrogens is 2. The summed E-state index contributed by atoms with van der Waals surface area (Å²) in [6, 6.07) is 7.92. The number of nitrogens with one attached hydrogen (secondary N) is 2. The molecule has 0 atom stereocenters. The minimum absolute atomic E-state index is 0.0713. The van der Waals surface area contributed by atoms with Crippen molar-refractivity contribution in [3.05, 3.63) is 64.1 Å². The van der Waals surface area contributed by atoms with Crippen molar-refractivity contribution in [3.63, 3.8) is 0 Å². The molecule has 0 saturated carbocycles. The number of piperidine rings is 1. The Hall–Kier alpha value is -3.77. The van der Waals surface area contributed by atoms with Crippen LogP contribution in [0.1, 0.15) is 30.0 Å². The first-order valence-corrected chi connectivity index (χ1v) is 10.9. The minimum Gasteiger partial charge on any atom is -0.342 e. The van der Waals surface area contributed by atoms with Gasteiger partial charge in [0, 0.05) is 24.8 Å². The van der Waals surface area contributed by atoms with Crippen LogP contribution in [0.4, 0.5) is 32.0 Å². The Labute approximate surface area is 199 Å². The number of carbonyl (C=O) groups is 2. The van der Waals surface area contributed by atoms with Gasteiger partial charge in [0.05, 0.1) is 23.0 Å². The van der Waals surface area contributed by atoms with Crippen LogP contribution in [-0.2, 0) is 22.2 Å². The van der Waals surface area contributed by atoms with Gasteiger partial charge in [0.2, 0.25) is 5.91 Å². The van der Waals surface area contributed by atoms with Crippen LogP contribution >= 0.6 is 0 Å². The lowest BCUT2D eigenvalue weighted by Gasteiger charge is -2.32. The lowest BCUT2D eigenvalue weighted by Crippen LogP contribution is -2.41. The van der Waals surface area contributed by atoms with Gasteiger partial charge in [-0.25, -0.2) is 4.79 Å². The highest BCUT2D eigenvalue weighted by Gasteiger charge is 2.38. The highest BCUT2D eigenvalue weighted by atomic mass is 19.4. The van der Waals surface area contributed by atoms with Crippen molar-refractivity contribution in [2.45, 2.75) is 37.7 Å². The summed E-state index contributed by atoms with van der Waals surface area (Å²) in [6.07, 6.45) is -8.84. The standard InChI is InChI=1S/C23H20F6N4O3/c24-22(25,26)14-3-1-13(2-4-14)11-19(34)32-9-7-16(8-10-32)33-18-12-15(30-20(35)23(27,28)29)5-6-17(18)31-21(33)36/h1-6,12,16H,7-11H2,(H,30,35)(H,31,36). The van der Waals surface area contributed by atoms with E-state index < -0.39 is 29.5 Å². The highest BCUT2D eigenvalue weighted by molar-refractivity contribution is 5.96. The molecule has 4 rings (SSSR count). The van der Waals surface area contributed by atoms with Gasteiger partial charge in [0.1, 0.15) is 0 Å². The number of fused-ring (bicyclic) bond motifs is 1. The molecule has 1 saturated heterocycles. The predicted octanol–water partition coefficient (Wildman–Crippen LogP) is 4.26.